The van der Waals surface area contributed by atoms with E-state index in [-0.39, 0.29) is 6.10 Å². The fourth-order valence-electron chi connectivity index (χ4n) is 1.57. The number of aliphatic hydroxyl groups is 1. The van der Waals surface area contributed by atoms with E-state index in [1.807, 2.05) is 10.9 Å². The van der Waals surface area contributed by atoms with Gasteiger partial charge in [-0.25, -0.2) is 0 Å². The van der Waals surface area contributed by atoms with Crippen molar-refractivity contribution in [1.29, 1.82) is 0 Å². The smallest absolute Gasteiger partial charge is 0.0848 e. The van der Waals surface area contributed by atoms with Crippen molar-refractivity contribution in [2.45, 2.75) is 38.8 Å². The normalized spacial score (nSPS) is 18.9. The Hall–Kier alpha value is -0.830. The highest BCUT2D eigenvalue weighted by atomic mass is 16.3. The molecule has 1 N–H and O–H groups in total. The van der Waals surface area contributed by atoms with Gasteiger partial charge in [0.1, 0.15) is 0 Å². The van der Waals surface area contributed by atoms with Crippen LogP contribution in [0.2, 0.25) is 0 Å². The molecule has 0 aliphatic heterocycles. The Labute approximate surface area is 78.4 Å². The summed E-state index contributed by atoms with van der Waals surface area (Å²) in [7, 11) is 0. The van der Waals surface area contributed by atoms with Gasteiger partial charge in [0.15, 0.2) is 0 Å². The Morgan fingerprint density at radius 3 is 3.08 bits per heavy atom. The van der Waals surface area contributed by atoms with Crippen LogP contribution < -0.4 is 0 Å². The van der Waals surface area contributed by atoms with E-state index in [1.54, 1.807) is 6.20 Å². The maximum atomic E-state index is 9.79. The Bertz CT molecular complexity index is 278. The summed E-state index contributed by atoms with van der Waals surface area (Å²) in [4.78, 5) is 0. The predicted octanol–water partition coefficient (Wildman–Crippen LogP) is 1.74. The van der Waals surface area contributed by atoms with Gasteiger partial charge in [-0.05, 0) is 25.2 Å². The van der Waals surface area contributed by atoms with Gasteiger partial charge >= 0.3 is 0 Å². The van der Waals surface area contributed by atoms with E-state index in [1.165, 1.54) is 12.8 Å². The zero-order valence-corrected chi connectivity index (χ0v) is 7.98. The molecular weight excluding hydrogens is 164 g/mol. The van der Waals surface area contributed by atoms with Crippen molar-refractivity contribution in [2.75, 3.05) is 0 Å². The topological polar surface area (TPSA) is 38.0 Å². The molecule has 0 amide bonds. The molecule has 0 saturated heterocycles. The molecule has 3 nitrogen and oxygen atoms in total. The molecule has 2 rings (SSSR count). The first-order valence-corrected chi connectivity index (χ1v) is 5.01. The largest absolute Gasteiger partial charge is 0.388 e. The van der Waals surface area contributed by atoms with Gasteiger partial charge in [-0.15, -0.1) is 0 Å². The van der Waals surface area contributed by atoms with Crippen LogP contribution in [0.4, 0.5) is 0 Å². The number of hydrogen-bond donors (Lipinski definition) is 1. The number of aliphatic hydroxyl groups excluding tert-OH is 1. The first-order valence-electron chi connectivity index (χ1n) is 5.01. The third-order valence-corrected chi connectivity index (χ3v) is 2.52. The molecule has 72 valence electrons. The van der Waals surface area contributed by atoms with Gasteiger partial charge in [0.2, 0.25) is 0 Å². The van der Waals surface area contributed by atoms with Crippen LogP contribution in [0.15, 0.2) is 12.4 Å². The summed E-state index contributed by atoms with van der Waals surface area (Å²) < 4.78 is 1.90. The maximum Gasteiger partial charge on any atom is 0.0848 e. The second-order valence-corrected chi connectivity index (χ2v) is 3.82. The lowest BCUT2D eigenvalue weighted by atomic mass is 10.1. The number of hydrogen-bond acceptors (Lipinski definition) is 2. The lowest BCUT2D eigenvalue weighted by Crippen LogP contribution is -1.99. The minimum absolute atomic E-state index is 0.273. The second-order valence-electron chi connectivity index (χ2n) is 3.82. The lowest BCUT2D eigenvalue weighted by molar-refractivity contribution is 0.153. The van der Waals surface area contributed by atoms with Crippen molar-refractivity contribution < 1.29 is 5.11 Å². The van der Waals surface area contributed by atoms with Crippen LogP contribution in [0.1, 0.15) is 37.9 Å². The molecule has 1 aromatic heterocycles. The zero-order valence-electron chi connectivity index (χ0n) is 7.98. The van der Waals surface area contributed by atoms with E-state index in [4.69, 9.17) is 0 Å². The third kappa shape index (κ3) is 1.91. The van der Waals surface area contributed by atoms with Crippen LogP contribution in [0.3, 0.4) is 0 Å². The molecule has 1 saturated carbocycles. The molecule has 0 spiro atoms. The maximum absolute atomic E-state index is 9.79. The second kappa shape index (κ2) is 3.50. The molecule has 0 bridgehead atoms. The first kappa shape index (κ1) is 8.75. The number of rotatable bonds is 4. The van der Waals surface area contributed by atoms with Crippen molar-refractivity contribution in [2.24, 2.45) is 5.92 Å². The SMILES string of the molecule is CCCn1cc(C(O)C2CC2)cn1. The van der Waals surface area contributed by atoms with Crippen LogP contribution in [0.25, 0.3) is 0 Å². The van der Waals surface area contributed by atoms with Crippen molar-refractivity contribution >= 4 is 0 Å². The molecule has 1 aromatic rings. The van der Waals surface area contributed by atoms with Crippen molar-refractivity contribution in [1.82, 2.24) is 9.78 Å². The molecule has 1 aliphatic carbocycles. The summed E-state index contributed by atoms with van der Waals surface area (Å²) in [5.74, 6) is 0.499. The van der Waals surface area contributed by atoms with Gasteiger partial charge < -0.3 is 5.11 Å². The molecular formula is C10H16N2O. The van der Waals surface area contributed by atoms with Gasteiger partial charge in [-0.3, -0.25) is 4.68 Å². The minimum atomic E-state index is -0.273. The molecule has 1 unspecified atom stereocenters. The summed E-state index contributed by atoms with van der Waals surface area (Å²) in [6.07, 6.45) is 6.90. The molecule has 0 aromatic carbocycles. The Morgan fingerprint density at radius 2 is 2.46 bits per heavy atom. The fraction of sp³-hybridized carbons (Fsp3) is 0.700. The monoisotopic (exact) mass is 180 g/mol. The van der Waals surface area contributed by atoms with Crippen LogP contribution in [0.5, 0.6) is 0 Å². The van der Waals surface area contributed by atoms with E-state index >= 15 is 0 Å². The van der Waals surface area contributed by atoms with E-state index < -0.39 is 0 Å². The van der Waals surface area contributed by atoms with E-state index in [0.717, 1.165) is 18.5 Å². The quantitative estimate of drug-likeness (QED) is 0.766. The minimum Gasteiger partial charge on any atom is -0.388 e. The summed E-state index contributed by atoms with van der Waals surface area (Å²) in [5, 5.41) is 14.0. The predicted molar refractivity (Wildman–Crippen MR) is 50.2 cm³/mol. The van der Waals surface area contributed by atoms with Crippen molar-refractivity contribution in [3.63, 3.8) is 0 Å². The number of aryl methyl sites for hydroxylation is 1. The van der Waals surface area contributed by atoms with E-state index in [9.17, 15) is 5.11 Å². The van der Waals surface area contributed by atoms with E-state index in [0.29, 0.717) is 5.92 Å². The zero-order chi connectivity index (χ0) is 9.26. The first-order chi connectivity index (χ1) is 6.31. The summed E-state index contributed by atoms with van der Waals surface area (Å²) in [5.41, 5.74) is 0.982. The highest BCUT2D eigenvalue weighted by Crippen LogP contribution is 2.40. The van der Waals surface area contributed by atoms with Crippen LogP contribution in [-0.4, -0.2) is 14.9 Å². The summed E-state index contributed by atoms with van der Waals surface area (Å²) in [6.45, 7) is 3.07. The average Bonchev–Trinajstić information content (AvgIpc) is 2.87. The van der Waals surface area contributed by atoms with Crippen LogP contribution in [0, 0.1) is 5.92 Å². The third-order valence-electron chi connectivity index (χ3n) is 2.52. The molecule has 1 heterocycles. The summed E-state index contributed by atoms with van der Waals surface area (Å²) >= 11 is 0. The van der Waals surface area contributed by atoms with E-state index in [2.05, 4.69) is 12.0 Å². The van der Waals surface area contributed by atoms with Crippen LogP contribution in [-0.2, 0) is 6.54 Å². The molecule has 1 atom stereocenters. The summed E-state index contributed by atoms with van der Waals surface area (Å²) in [6, 6.07) is 0. The van der Waals surface area contributed by atoms with Crippen LogP contribution >= 0.6 is 0 Å². The van der Waals surface area contributed by atoms with Gasteiger partial charge in [0, 0.05) is 18.3 Å². The number of aromatic nitrogens is 2. The highest BCUT2D eigenvalue weighted by Gasteiger charge is 2.31. The molecule has 0 radical (unpaired) electrons. The molecule has 1 fully saturated rings. The van der Waals surface area contributed by atoms with Crippen molar-refractivity contribution in [3.05, 3.63) is 18.0 Å². The Morgan fingerprint density at radius 1 is 1.69 bits per heavy atom. The van der Waals surface area contributed by atoms with Gasteiger partial charge in [0.25, 0.3) is 0 Å². The standard InChI is InChI=1S/C10H16N2O/c1-2-5-12-7-9(6-11-12)10(13)8-3-4-8/h6-8,10,13H,2-5H2,1H3. The van der Waals surface area contributed by atoms with Crippen molar-refractivity contribution in [3.8, 4) is 0 Å². The fourth-order valence-corrected chi connectivity index (χ4v) is 1.57. The lowest BCUT2D eigenvalue weighted by Gasteiger charge is -2.04. The Balaban J connectivity index is 2.03. The number of nitrogens with zero attached hydrogens (tertiary/aromatic N) is 2. The molecule has 1 aliphatic rings. The van der Waals surface area contributed by atoms with Gasteiger partial charge in [-0.1, -0.05) is 6.92 Å². The molecule has 3 heteroatoms. The van der Waals surface area contributed by atoms with Gasteiger partial charge in [-0.2, -0.15) is 5.10 Å². The Kier molecular flexibility index (Phi) is 2.36. The molecule has 13 heavy (non-hydrogen) atoms. The highest BCUT2D eigenvalue weighted by molar-refractivity contribution is 5.11. The average molecular weight is 180 g/mol. The van der Waals surface area contributed by atoms with Gasteiger partial charge in [0.05, 0.1) is 12.3 Å².